The van der Waals surface area contributed by atoms with Crippen LogP contribution in [0.3, 0.4) is 0 Å². The van der Waals surface area contributed by atoms with E-state index in [1.807, 2.05) is 4.90 Å². The van der Waals surface area contributed by atoms with Crippen molar-refractivity contribution in [3.05, 3.63) is 29.3 Å². The molecular weight excluding hydrogens is 294 g/mol. The maximum atomic E-state index is 12.0. The Kier molecular flexibility index (Phi) is 5.81. The number of halogens is 1. The fraction of sp³-hybridized carbons (Fsp3) is 0.500. The summed E-state index contributed by atoms with van der Waals surface area (Å²) in [4.78, 5) is 15.7. The molecule has 0 aromatic heterocycles. The summed E-state index contributed by atoms with van der Waals surface area (Å²) in [5.41, 5.74) is 0.704. The van der Waals surface area contributed by atoms with Crippen LogP contribution in [0.1, 0.15) is 0 Å². The molecule has 21 heavy (non-hydrogen) atoms. The number of nitrogens with one attached hydrogen (secondary N) is 1. The molecule has 6 nitrogen and oxygen atoms in total. The van der Waals surface area contributed by atoms with Crippen LogP contribution in [-0.4, -0.2) is 71.5 Å². The highest BCUT2D eigenvalue weighted by Gasteiger charge is 2.34. The SMILES string of the molecule is O=C(Nc1ccc(Cl)cc1)N1CC(N(CCO)CCO)C1. The second-order valence-electron chi connectivity index (χ2n) is 4.98. The minimum atomic E-state index is -0.151. The number of hydrogen-bond donors (Lipinski definition) is 3. The Morgan fingerprint density at radius 2 is 1.81 bits per heavy atom. The van der Waals surface area contributed by atoms with E-state index in [9.17, 15) is 4.79 Å². The number of amides is 2. The molecule has 1 aromatic carbocycles. The van der Waals surface area contributed by atoms with E-state index in [-0.39, 0.29) is 25.3 Å². The maximum absolute atomic E-state index is 12.0. The molecule has 116 valence electrons. The van der Waals surface area contributed by atoms with E-state index >= 15 is 0 Å². The highest BCUT2D eigenvalue weighted by molar-refractivity contribution is 6.30. The third kappa shape index (κ3) is 4.31. The summed E-state index contributed by atoms with van der Waals surface area (Å²) in [6.07, 6.45) is 0. The van der Waals surface area contributed by atoms with Crippen molar-refractivity contribution in [3.63, 3.8) is 0 Å². The van der Waals surface area contributed by atoms with E-state index in [0.29, 0.717) is 36.9 Å². The van der Waals surface area contributed by atoms with Gasteiger partial charge in [-0.05, 0) is 24.3 Å². The third-order valence-corrected chi connectivity index (χ3v) is 3.79. The van der Waals surface area contributed by atoms with Gasteiger partial charge >= 0.3 is 6.03 Å². The molecule has 0 spiro atoms. The fourth-order valence-corrected chi connectivity index (χ4v) is 2.45. The Labute approximate surface area is 128 Å². The number of likely N-dealkylation sites (tertiary alicyclic amines) is 1. The van der Waals surface area contributed by atoms with Crippen LogP contribution >= 0.6 is 11.6 Å². The largest absolute Gasteiger partial charge is 0.395 e. The number of aliphatic hydroxyl groups is 2. The molecule has 0 aliphatic carbocycles. The van der Waals surface area contributed by atoms with Gasteiger partial charge in [0.25, 0.3) is 0 Å². The smallest absolute Gasteiger partial charge is 0.321 e. The van der Waals surface area contributed by atoms with Crippen molar-refractivity contribution >= 4 is 23.3 Å². The van der Waals surface area contributed by atoms with Crippen molar-refractivity contribution in [1.82, 2.24) is 9.80 Å². The van der Waals surface area contributed by atoms with Gasteiger partial charge in [-0.1, -0.05) is 11.6 Å². The van der Waals surface area contributed by atoms with E-state index < -0.39 is 0 Å². The van der Waals surface area contributed by atoms with Crippen LogP contribution in [0.4, 0.5) is 10.5 Å². The zero-order valence-electron chi connectivity index (χ0n) is 11.7. The monoisotopic (exact) mass is 313 g/mol. The van der Waals surface area contributed by atoms with Crippen molar-refractivity contribution < 1.29 is 15.0 Å². The standard InChI is InChI=1S/C14H20ClN3O3/c15-11-1-3-12(4-2-11)16-14(21)18-9-13(10-18)17(5-7-19)6-8-20/h1-4,13,19-20H,5-10H2,(H,16,21). The maximum Gasteiger partial charge on any atom is 0.321 e. The summed E-state index contributed by atoms with van der Waals surface area (Å²) < 4.78 is 0. The molecule has 0 saturated carbocycles. The average molecular weight is 314 g/mol. The molecule has 7 heteroatoms. The summed E-state index contributed by atoms with van der Waals surface area (Å²) in [6.45, 7) is 2.32. The van der Waals surface area contributed by atoms with Crippen molar-refractivity contribution in [2.75, 3.05) is 44.7 Å². The number of hydrogen-bond acceptors (Lipinski definition) is 4. The van der Waals surface area contributed by atoms with Crippen LogP contribution in [0.5, 0.6) is 0 Å². The van der Waals surface area contributed by atoms with Crippen molar-refractivity contribution in [1.29, 1.82) is 0 Å². The second-order valence-corrected chi connectivity index (χ2v) is 5.42. The summed E-state index contributed by atoms with van der Waals surface area (Å²) in [7, 11) is 0. The molecule has 1 saturated heterocycles. The quantitative estimate of drug-likeness (QED) is 0.727. The Balaban J connectivity index is 1.80. The molecule has 1 aliphatic heterocycles. The van der Waals surface area contributed by atoms with E-state index in [1.54, 1.807) is 29.2 Å². The van der Waals surface area contributed by atoms with Gasteiger partial charge in [-0.15, -0.1) is 0 Å². The molecule has 1 aliphatic rings. The molecule has 2 amide bonds. The van der Waals surface area contributed by atoms with Gasteiger partial charge in [0.05, 0.1) is 13.2 Å². The first-order valence-electron chi connectivity index (χ1n) is 6.91. The van der Waals surface area contributed by atoms with Gasteiger partial charge in [0.1, 0.15) is 0 Å². The number of rotatable bonds is 6. The van der Waals surface area contributed by atoms with Gasteiger partial charge in [0, 0.05) is 42.9 Å². The number of urea groups is 1. The van der Waals surface area contributed by atoms with Gasteiger partial charge < -0.3 is 20.4 Å². The Morgan fingerprint density at radius 1 is 1.24 bits per heavy atom. The summed E-state index contributed by atoms with van der Waals surface area (Å²) in [5.74, 6) is 0. The van der Waals surface area contributed by atoms with Gasteiger partial charge in [0.15, 0.2) is 0 Å². The van der Waals surface area contributed by atoms with Crippen LogP contribution < -0.4 is 5.32 Å². The lowest BCUT2D eigenvalue weighted by Gasteiger charge is -2.45. The first-order valence-corrected chi connectivity index (χ1v) is 7.29. The van der Waals surface area contributed by atoms with Crippen LogP contribution in [0.2, 0.25) is 5.02 Å². The predicted octanol–water partition coefficient (Wildman–Crippen LogP) is 0.843. The lowest BCUT2D eigenvalue weighted by molar-refractivity contribution is 0.0393. The van der Waals surface area contributed by atoms with Crippen molar-refractivity contribution in [2.45, 2.75) is 6.04 Å². The number of carbonyl (C=O) groups excluding carboxylic acids is 1. The van der Waals surface area contributed by atoms with Crippen molar-refractivity contribution in [2.24, 2.45) is 0 Å². The normalized spacial score (nSPS) is 15.1. The topological polar surface area (TPSA) is 76.0 Å². The highest BCUT2D eigenvalue weighted by atomic mass is 35.5. The van der Waals surface area contributed by atoms with E-state index in [1.165, 1.54) is 0 Å². The minimum absolute atomic E-state index is 0.0491. The molecule has 0 radical (unpaired) electrons. The van der Waals surface area contributed by atoms with Crippen LogP contribution in [-0.2, 0) is 0 Å². The lowest BCUT2D eigenvalue weighted by Crippen LogP contribution is -2.62. The molecule has 1 fully saturated rings. The molecule has 0 unspecified atom stereocenters. The van der Waals surface area contributed by atoms with Crippen LogP contribution in [0.15, 0.2) is 24.3 Å². The number of aliphatic hydroxyl groups excluding tert-OH is 2. The number of benzene rings is 1. The van der Waals surface area contributed by atoms with Gasteiger partial charge in [-0.3, -0.25) is 4.90 Å². The minimum Gasteiger partial charge on any atom is -0.395 e. The molecule has 1 aromatic rings. The number of nitrogens with zero attached hydrogens (tertiary/aromatic N) is 2. The summed E-state index contributed by atoms with van der Waals surface area (Å²) >= 11 is 5.79. The summed E-state index contributed by atoms with van der Waals surface area (Å²) in [6, 6.07) is 6.99. The van der Waals surface area contributed by atoms with Gasteiger partial charge in [-0.25, -0.2) is 4.79 Å². The zero-order chi connectivity index (χ0) is 15.2. The molecule has 0 bridgehead atoms. The summed E-state index contributed by atoms with van der Waals surface area (Å²) in [5, 5.41) is 21.4. The second kappa shape index (κ2) is 7.61. The van der Waals surface area contributed by atoms with Crippen LogP contribution in [0.25, 0.3) is 0 Å². The third-order valence-electron chi connectivity index (χ3n) is 3.54. The Morgan fingerprint density at radius 3 is 2.33 bits per heavy atom. The number of carbonyl (C=O) groups is 1. The zero-order valence-corrected chi connectivity index (χ0v) is 12.5. The number of anilines is 1. The average Bonchev–Trinajstić information content (AvgIpc) is 2.40. The van der Waals surface area contributed by atoms with Crippen molar-refractivity contribution in [3.8, 4) is 0 Å². The predicted molar refractivity (Wildman–Crippen MR) is 81.6 cm³/mol. The molecule has 3 N–H and O–H groups in total. The first-order chi connectivity index (χ1) is 10.1. The molecule has 2 rings (SSSR count). The molecular formula is C14H20ClN3O3. The van der Waals surface area contributed by atoms with E-state index in [4.69, 9.17) is 21.8 Å². The lowest BCUT2D eigenvalue weighted by atomic mass is 10.1. The first kappa shape index (κ1) is 16.0. The van der Waals surface area contributed by atoms with Crippen LogP contribution in [0, 0.1) is 0 Å². The molecule has 0 atom stereocenters. The Hall–Kier alpha value is -1.34. The Bertz CT molecular complexity index is 457. The van der Waals surface area contributed by atoms with Gasteiger partial charge in [0.2, 0.25) is 0 Å². The van der Waals surface area contributed by atoms with E-state index in [2.05, 4.69) is 5.32 Å². The van der Waals surface area contributed by atoms with E-state index in [0.717, 1.165) is 0 Å². The van der Waals surface area contributed by atoms with Gasteiger partial charge in [-0.2, -0.15) is 0 Å². The molecule has 1 heterocycles. The fourth-order valence-electron chi connectivity index (χ4n) is 2.32. The highest BCUT2D eigenvalue weighted by Crippen LogP contribution is 2.18.